The molecule has 1 saturated heterocycles. The van der Waals surface area contributed by atoms with Crippen LogP contribution in [0.25, 0.3) is 0 Å². The molecule has 1 heterocycles. The molecule has 1 aliphatic rings. The van der Waals surface area contributed by atoms with Crippen LogP contribution in [0.5, 0.6) is 0 Å². The van der Waals surface area contributed by atoms with E-state index in [1.807, 2.05) is 0 Å². The summed E-state index contributed by atoms with van der Waals surface area (Å²) in [5, 5.41) is 12.0. The zero-order chi connectivity index (χ0) is 13.1. The highest BCUT2D eigenvalue weighted by Crippen LogP contribution is 2.19. The van der Waals surface area contributed by atoms with Crippen molar-refractivity contribution < 1.29 is 18.3 Å². The Hall–Kier alpha value is -0.660. The molecule has 0 amide bonds. The van der Waals surface area contributed by atoms with E-state index in [4.69, 9.17) is 5.11 Å². The lowest BCUT2D eigenvalue weighted by Gasteiger charge is -2.29. The number of sulfone groups is 1. The molecule has 0 bridgehead atoms. The molecular weight excluding hydrogens is 244 g/mol. The number of aliphatic carboxylic acids is 1. The lowest BCUT2D eigenvalue weighted by Crippen LogP contribution is -2.46. The van der Waals surface area contributed by atoms with Crippen molar-refractivity contribution in [1.29, 1.82) is 0 Å². The lowest BCUT2D eigenvalue weighted by molar-refractivity contribution is -0.143. The minimum Gasteiger partial charge on any atom is -0.480 e. The molecule has 1 rings (SSSR count). The molecule has 2 atom stereocenters. The minimum absolute atomic E-state index is 0.0762. The Labute approximate surface area is 102 Å². The number of carboxylic acids is 1. The molecule has 2 unspecified atom stereocenters. The summed E-state index contributed by atoms with van der Waals surface area (Å²) in [6, 6.07) is -0.793. The van der Waals surface area contributed by atoms with Gasteiger partial charge in [0.2, 0.25) is 0 Å². The summed E-state index contributed by atoms with van der Waals surface area (Å²) in [5.74, 6) is -0.653. The quantitative estimate of drug-likeness (QED) is 0.651. The summed E-state index contributed by atoms with van der Waals surface area (Å²) < 4.78 is 22.7. The van der Waals surface area contributed by atoms with Crippen LogP contribution in [0.2, 0.25) is 0 Å². The van der Waals surface area contributed by atoms with E-state index in [0.29, 0.717) is 19.4 Å². The highest BCUT2D eigenvalue weighted by molar-refractivity contribution is 7.91. The normalized spacial score (nSPS) is 25.0. The second kappa shape index (κ2) is 5.79. The number of hydrogen-bond donors (Lipinski definition) is 2. The van der Waals surface area contributed by atoms with Gasteiger partial charge in [0.25, 0.3) is 0 Å². The van der Waals surface area contributed by atoms with Crippen LogP contribution in [0, 0.1) is 0 Å². The summed E-state index contributed by atoms with van der Waals surface area (Å²) in [5.41, 5.74) is 0. The monoisotopic (exact) mass is 264 g/mol. The third kappa shape index (κ3) is 3.93. The highest BCUT2D eigenvalue weighted by atomic mass is 32.2. The number of hydrogen-bond acceptors (Lipinski definition) is 5. The van der Waals surface area contributed by atoms with E-state index in [-0.39, 0.29) is 17.5 Å². The second-order valence-electron chi connectivity index (χ2n) is 4.47. The van der Waals surface area contributed by atoms with E-state index in [1.54, 1.807) is 19.0 Å². The number of likely N-dealkylation sites (N-methyl/N-ethyl adjacent to an activating group) is 1. The van der Waals surface area contributed by atoms with E-state index in [2.05, 4.69) is 5.32 Å². The van der Waals surface area contributed by atoms with Crippen molar-refractivity contribution in [3.63, 3.8) is 0 Å². The van der Waals surface area contributed by atoms with Gasteiger partial charge in [-0.05, 0) is 33.5 Å². The van der Waals surface area contributed by atoms with Gasteiger partial charge in [0, 0.05) is 6.04 Å². The molecule has 1 fully saturated rings. The van der Waals surface area contributed by atoms with Crippen molar-refractivity contribution in [2.75, 3.05) is 32.1 Å². The fraction of sp³-hybridized carbons (Fsp3) is 0.900. The maximum Gasteiger partial charge on any atom is 0.320 e. The van der Waals surface area contributed by atoms with Gasteiger partial charge in [-0.25, -0.2) is 8.42 Å². The zero-order valence-corrected chi connectivity index (χ0v) is 11.0. The molecule has 100 valence electrons. The third-order valence-corrected chi connectivity index (χ3v) is 4.98. The summed E-state index contributed by atoms with van der Waals surface area (Å²) in [7, 11) is 0.487. The predicted molar refractivity (Wildman–Crippen MR) is 64.8 cm³/mol. The molecule has 0 spiro atoms. The Morgan fingerprint density at radius 1 is 1.59 bits per heavy atom. The van der Waals surface area contributed by atoms with Gasteiger partial charge in [0.1, 0.15) is 6.04 Å². The molecule has 0 aromatic heterocycles. The van der Waals surface area contributed by atoms with Crippen LogP contribution in [0.3, 0.4) is 0 Å². The van der Waals surface area contributed by atoms with Gasteiger partial charge in [-0.15, -0.1) is 0 Å². The van der Waals surface area contributed by atoms with Crippen LogP contribution in [-0.4, -0.2) is 68.6 Å². The van der Waals surface area contributed by atoms with Crippen molar-refractivity contribution in [2.24, 2.45) is 0 Å². The molecule has 0 radical (unpaired) electrons. The summed E-state index contributed by atoms with van der Waals surface area (Å²) in [4.78, 5) is 12.8. The first-order valence-corrected chi connectivity index (χ1v) is 7.49. The van der Waals surface area contributed by atoms with Gasteiger partial charge in [0.05, 0.1) is 11.5 Å². The molecule has 17 heavy (non-hydrogen) atoms. The largest absolute Gasteiger partial charge is 0.480 e. The zero-order valence-electron chi connectivity index (χ0n) is 10.2. The number of carboxylic acid groups (broad SMARTS) is 1. The van der Waals surface area contributed by atoms with Crippen molar-refractivity contribution >= 4 is 15.8 Å². The predicted octanol–water partition coefficient (Wildman–Crippen LogP) is -0.832. The van der Waals surface area contributed by atoms with E-state index in [1.165, 1.54) is 0 Å². The van der Waals surface area contributed by atoms with Gasteiger partial charge in [0.15, 0.2) is 9.84 Å². The molecule has 6 nitrogen and oxygen atoms in total. The Bertz CT molecular complexity index is 369. The number of nitrogens with one attached hydrogen (secondary N) is 1. The van der Waals surface area contributed by atoms with Crippen molar-refractivity contribution in [3.05, 3.63) is 0 Å². The second-order valence-corrected chi connectivity index (χ2v) is 6.70. The third-order valence-electron chi connectivity index (χ3n) is 3.23. The first kappa shape index (κ1) is 14.4. The Kier molecular flexibility index (Phi) is 4.91. The Morgan fingerprint density at radius 3 is 2.65 bits per heavy atom. The molecule has 0 aromatic rings. The fourth-order valence-electron chi connectivity index (χ4n) is 2.13. The highest BCUT2D eigenvalue weighted by Gasteiger charge is 2.35. The summed E-state index contributed by atoms with van der Waals surface area (Å²) in [6.07, 6.45) is 1.00. The van der Waals surface area contributed by atoms with E-state index in [0.717, 1.165) is 0 Å². The molecule has 1 aliphatic heterocycles. The first-order valence-electron chi connectivity index (χ1n) is 5.67. The topological polar surface area (TPSA) is 86.7 Å². The van der Waals surface area contributed by atoms with E-state index in [9.17, 15) is 13.2 Å². The minimum atomic E-state index is -2.97. The Morgan fingerprint density at radius 2 is 2.24 bits per heavy atom. The van der Waals surface area contributed by atoms with Gasteiger partial charge in [-0.3, -0.25) is 9.69 Å². The average molecular weight is 264 g/mol. The number of nitrogens with zero attached hydrogens (tertiary/aromatic N) is 1. The molecule has 0 aliphatic carbocycles. The van der Waals surface area contributed by atoms with Crippen LogP contribution in [0.15, 0.2) is 0 Å². The van der Waals surface area contributed by atoms with Gasteiger partial charge >= 0.3 is 5.97 Å². The summed E-state index contributed by atoms with van der Waals surface area (Å²) in [6.45, 7) is 0.598. The number of carbonyl (C=O) groups is 1. The van der Waals surface area contributed by atoms with Crippen LogP contribution >= 0.6 is 0 Å². The molecule has 0 saturated carbocycles. The van der Waals surface area contributed by atoms with E-state index >= 15 is 0 Å². The first-order chi connectivity index (χ1) is 7.87. The Balaban J connectivity index is 2.65. The molecular formula is C10H20N2O4S. The molecule has 7 heteroatoms. The smallest absolute Gasteiger partial charge is 0.320 e. The van der Waals surface area contributed by atoms with E-state index < -0.39 is 21.8 Å². The number of rotatable bonds is 6. The maximum atomic E-state index is 11.4. The maximum absolute atomic E-state index is 11.4. The van der Waals surface area contributed by atoms with Crippen molar-refractivity contribution in [1.82, 2.24) is 10.2 Å². The average Bonchev–Trinajstić information content (AvgIpc) is 2.58. The molecule has 2 N–H and O–H groups in total. The fourth-order valence-corrected chi connectivity index (χ4v) is 3.92. The van der Waals surface area contributed by atoms with Crippen LogP contribution < -0.4 is 5.32 Å². The summed E-state index contributed by atoms with van der Waals surface area (Å²) >= 11 is 0. The van der Waals surface area contributed by atoms with Crippen LogP contribution in [0.4, 0.5) is 0 Å². The van der Waals surface area contributed by atoms with Crippen LogP contribution in [0.1, 0.15) is 12.8 Å². The van der Waals surface area contributed by atoms with Gasteiger partial charge in [-0.1, -0.05) is 0 Å². The van der Waals surface area contributed by atoms with Crippen LogP contribution in [-0.2, 0) is 14.6 Å². The SMILES string of the molecule is CNCCC(C(=O)O)N(C)C1CCS(=O)(=O)C1. The van der Waals surface area contributed by atoms with Gasteiger partial charge < -0.3 is 10.4 Å². The lowest BCUT2D eigenvalue weighted by atomic mass is 10.1. The molecule has 0 aromatic carbocycles. The van der Waals surface area contributed by atoms with Gasteiger partial charge in [-0.2, -0.15) is 0 Å². The standard InChI is InChI=1S/C10H20N2O4S/c1-11-5-3-9(10(13)14)12(2)8-4-6-17(15,16)7-8/h8-9,11H,3-7H2,1-2H3,(H,13,14). The van der Waals surface area contributed by atoms with Crippen molar-refractivity contribution in [2.45, 2.75) is 24.9 Å². The van der Waals surface area contributed by atoms with Crippen molar-refractivity contribution in [3.8, 4) is 0 Å².